The van der Waals surface area contributed by atoms with Crippen LogP contribution in [0, 0.1) is 5.92 Å². The lowest BCUT2D eigenvalue weighted by molar-refractivity contribution is -0.141. The molecule has 0 spiro atoms. The quantitative estimate of drug-likeness (QED) is 0.667. The first-order chi connectivity index (χ1) is 8.37. The molecule has 1 saturated carbocycles. The maximum Gasteiger partial charge on any atom is 0.317 e. The Hall–Kier alpha value is -1.30. The van der Waals surface area contributed by atoms with Crippen LogP contribution in [0.15, 0.2) is 0 Å². The van der Waals surface area contributed by atoms with E-state index in [9.17, 15) is 14.7 Å². The summed E-state index contributed by atoms with van der Waals surface area (Å²) in [5.41, 5.74) is -0.795. The lowest BCUT2D eigenvalue weighted by Gasteiger charge is -2.22. The molecule has 3 atom stereocenters. The molecule has 1 saturated heterocycles. The third-order valence-corrected chi connectivity index (χ3v) is 3.85. The summed E-state index contributed by atoms with van der Waals surface area (Å²) in [4.78, 5) is 24.3. The molecule has 0 radical (unpaired) electrons. The Morgan fingerprint density at radius 1 is 1.39 bits per heavy atom. The minimum Gasteiger partial charge on any atom is -0.481 e. The molecule has 102 valence electrons. The van der Waals surface area contributed by atoms with Crippen molar-refractivity contribution >= 4 is 12.0 Å². The van der Waals surface area contributed by atoms with E-state index in [1.165, 1.54) is 0 Å². The number of nitrogens with zero attached hydrogens (tertiary/aromatic N) is 1. The van der Waals surface area contributed by atoms with Crippen LogP contribution in [-0.4, -0.2) is 51.8 Å². The summed E-state index contributed by atoms with van der Waals surface area (Å²) in [7, 11) is 0. The molecule has 1 aliphatic heterocycles. The van der Waals surface area contributed by atoms with E-state index in [0.29, 0.717) is 38.8 Å². The Morgan fingerprint density at radius 3 is 2.61 bits per heavy atom. The van der Waals surface area contributed by atoms with Gasteiger partial charge in [0.1, 0.15) is 0 Å². The highest BCUT2D eigenvalue weighted by atomic mass is 16.4. The number of likely N-dealkylation sites (tertiary alicyclic amines) is 1. The molecule has 2 amide bonds. The number of hydrogen-bond acceptors (Lipinski definition) is 3. The standard InChI is InChI=1S/C12H20N2O4/c1-12(18)4-5-14(7-12)11(17)13-9-3-2-8(6-9)10(15)16/h8-9,18H,2-7H2,1H3,(H,13,17)(H,15,16). The Morgan fingerprint density at radius 2 is 2.11 bits per heavy atom. The van der Waals surface area contributed by atoms with Crippen LogP contribution in [0.5, 0.6) is 0 Å². The van der Waals surface area contributed by atoms with Gasteiger partial charge in [0.05, 0.1) is 18.1 Å². The van der Waals surface area contributed by atoms with Crippen LogP contribution in [0.4, 0.5) is 4.79 Å². The van der Waals surface area contributed by atoms with Crippen LogP contribution >= 0.6 is 0 Å². The minimum absolute atomic E-state index is 0.0517. The van der Waals surface area contributed by atoms with Gasteiger partial charge in [-0.15, -0.1) is 0 Å². The molecule has 0 aromatic heterocycles. The Kier molecular flexibility index (Phi) is 3.47. The predicted molar refractivity (Wildman–Crippen MR) is 64.1 cm³/mol. The molecule has 0 aromatic carbocycles. The van der Waals surface area contributed by atoms with Gasteiger partial charge in [0.15, 0.2) is 0 Å². The number of urea groups is 1. The fourth-order valence-corrected chi connectivity index (χ4v) is 2.72. The van der Waals surface area contributed by atoms with Crippen LogP contribution in [0.2, 0.25) is 0 Å². The molecule has 1 aliphatic carbocycles. The number of aliphatic hydroxyl groups is 1. The van der Waals surface area contributed by atoms with Gasteiger partial charge in [0.25, 0.3) is 0 Å². The van der Waals surface area contributed by atoms with E-state index in [1.807, 2.05) is 0 Å². The van der Waals surface area contributed by atoms with Crippen molar-refractivity contribution in [2.75, 3.05) is 13.1 Å². The SMILES string of the molecule is CC1(O)CCN(C(=O)NC2CCC(C(=O)O)C2)C1. The number of rotatable bonds is 2. The molecule has 0 aromatic rings. The molecule has 6 nitrogen and oxygen atoms in total. The Bertz CT molecular complexity index is 356. The summed E-state index contributed by atoms with van der Waals surface area (Å²) in [5, 5.41) is 21.5. The lowest BCUT2D eigenvalue weighted by atomic mass is 10.1. The van der Waals surface area contributed by atoms with Gasteiger partial charge in [-0.25, -0.2) is 4.79 Å². The highest BCUT2D eigenvalue weighted by Gasteiger charge is 2.36. The van der Waals surface area contributed by atoms with E-state index < -0.39 is 11.6 Å². The van der Waals surface area contributed by atoms with Crippen molar-refractivity contribution in [2.45, 2.75) is 44.2 Å². The van der Waals surface area contributed by atoms with Crippen LogP contribution < -0.4 is 5.32 Å². The zero-order chi connectivity index (χ0) is 13.3. The Balaban J connectivity index is 1.81. The number of carbonyl (C=O) groups is 2. The largest absolute Gasteiger partial charge is 0.481 e. The third-order valence-electron chi connectivity index (χ3n) is 3.85. The van der Waals surface area contributed by atoms with E-state index in [-0.39, 0.29) is 18.0 Å². The molecule has 1 heterocycles. The third kappa shape index (κ3) is 2.93. The fraction of sp³-hybridized carbons (Fsp3) is 0.833. The van der Waals surface area contributed by atoms with Gasteiger partial charge in [-0.3, -0.25) is 4.79 Å². The summed E-state index contributed by atoms with van der Waals surface area (Å²) in [5.74, 6) is -1.12. The molecule has 3 unspecified atom stereocenters. The van der Waals surface area contributed by atoms with E-state index in [1.54, 1.807) is 11.8 Å². The minimum atomic E-state index is -0.795. The maximum absolute atomic E-state index is 11.9. The van der Waals surface area contributed by atoms with Gasteiger partial charge < -0.3 is 20.4 Å². The highest BCUT2D eigenvalue weighted by molar-refractivity contribution is 5.75. The van der Waals surface area contributed by atoms with Crippen molar-refractivity contribution in [1.29, 1.82) is 0 Å². The van der Waals surface area contributed by atoms with Gasteiger partial charge in [0, 0.05) is 12.6 Å². The fourth-order valence-electron chi connectivity index (χ4n) is 2.72. The Labute approximate surface area is 106 Å². The van der Waals surface area contributed by atoms with Gasteiger partial charge >= 0.3 is 12.0 Å². The number of carbonyl (C=O) groups excluding carboxylic acids is 1. The van der Waals surface area contributed by atoms with Crippen molar-refractivity contribution in [2.24, 2.45) is 5.92 Å². The predicted octanol–water partition coefficient (Wildman–Crippen LogP) is 0.406. The smallest absolute Gasteiger partial charge is 0.317 e. The number of nitrogens with one attached hydrogen (secondary N) is 1. The normalized spacial score (nSPS) is 35.8. The van der Waals surface area contributed by atoms with Crippen molar-refractivity contribution in [3.05, 3.63) is 0 Å². The van der Waals surface area contributed by atoms with Crippen LogP contribution in [0.3, 0.4) is 0 Å². The van der Waals surface area contributed by atoms with E-state index in [0.717, 1.165) is 0 Å². The van der Waals surface area contributed by atoms with Crippen molar-refractivity contribution in [1.82, 2.24) is 10.2 Å². The first-order valence-corrected chi connectivity index (χ1v) is 6.38. The molecule has 6 heteroatoms. The first kappa shape index (κ1) is 13.1. The number of hydrogen-bond donors (Lipinski definition) is 3. The molecule has 2 aliphatic rings. The lowest BCUT2D eigenvalue weighted by Crippen LogP contribution is -2.44. The summed E-state index contributed by atoms with van der Waals surface area (Å²) in [6.45, 7) is 2.61. The molecular formula is C12H20N2O4. The van der Waals surface area contributed by atoms with E-state index >= 15 is 0 Å². The average Bonchev–Trinajstić information content (AvgIpc) is 2.84. The molecule has 18 heavy (non-hydrogen) atoms. The second-order valence-electron chi connectivity index (χ2n) is 5.66. The second-order valence-corrected chi connectivity index (χ2v) is 5.66. The molecule has 2 rings (SSSR count). The molecule has 0 bridgehead atoms. The van der Waals surface area contributed by atoms with Gasteiger partial charge in [-0.05, 0) is 32.6 Å². The molecular weight excluding hydrogens is 236 g/mol. The number of aliphatic carboxylic acids is 1. The van der Waals surface area contributed by atoms with Crippen molar-refractivity contribution in [3.8, 4) is 0 Å². The van der Waals surface area contributed by atoms with Crippen LogP contribution in [-0.2, 0) is 4.79 Å². The van der Waals surface area contributed by atoms with E-state index in [4.69, 9.17) is 5.11 Å². The average molecular weight is 256 g/mol. The monoisotopic (exact) mass is 256 g/mol. The summed E-state index contributed by atoms with van der Waals surface area (Å²) >= 11 is 0. The number of carboxylic acids is 1. The second kappa shape index (κ2) is 4.76. The highest BCUT2D eigenvalue weighted by Crippen LogP contribution is 2.26. The number of β-amino-alcohol motifs (C(OH)–C–C–N with tert-alkyl or cyclic N) is 1. The number of carboxylic acid groups (broad SMARTS) is 1. The van der Waals surface area contributed by atoms with Crippen molar-refractivity contribution in [3.63, 3.8) is 0 Å². The zero-order valence-corrected chi connectivity index (χ0v) is 10.6. The molecule has 3 N–H and O–H groups in total. The van der Waals surface area contributed by atoms with Crippen molar-refractivity contribution < 1.29 is 19.8 Å². The van der Waals surface area contributed by atoms with Gasteiger partial charge in [-0.1, -0.05) is 0 Å². The first-order valence-electron chi connectivity index (χ1n) is 6.38. The summed E-state index contributed by atoms with van der Waals surface area (Å²) < 4.78 is 0. The topological polar surface area (TPSA) is 89.9 Å². The van der Waals surface area contributed by atoms with Crippen LogP contribution in [0.25, 0.3) is 0 Å². The zero-order valence-electron chi connectivity index (χ0n) is 10.6. The molecule has 2 fully saturated rings. The van der Waals surface area contributed by atoms with E-state index in [2.05, 4.69) is 5.32 Å². The van der Waals surface area contributed by atoms with Gasteiger partial charge in [0.2, 0.25) is 0 Å². The number of amides is 2. The summed E-state index contributed by atoms with van der Waals surface area (Å²) in [6.07, 6.45) is 2.43. The van der Waals surface area contributed by atoms with Crippen LogP contribution in [0.1, 0.15) is 32.6 Å². The van der Waals surface area contributed by atoms with Gasteiger partial charge in [-0.2, -0.15) is 0 Å². The summed E-state index contributed by atoms with van der Waals surface area (Å²) in [6, 6.07) is -0.243. The maximum atomic E-state index is 11.9.